The van der Waals surface area contributed by atoms with E-state index < -0.39 is 11.9 Å². The molecule has 192 valence electrons. The zero-order valence-electron chi connectivity index (χ0n) is 19.2. The first kappa shape index (κ1) is 26.5. The first-order valence-corrected chi connectivity index (χ1v) is 12.3. The molecule has 2 aromatic carbocycles. The van der Waals surface area contributed by atoms with Crippen molar-refractivity contribution in [2.45, 2.75) is 12.8 Å². The van der Waals surface area contributed by atoms with E-state index in [1.807, 2.05) is 0 Å². The van der Waals surface area contributed by atoms with E-state index in [-0.39, 0.29) is 23.1 Å². The van der Waals surface area contributed by atoms with E-state index in [2.05, 4.69) is 31.2 Å². The van der Waals surface area contributed by atoms with E-state index in [1.54, 1.807) is 31.4 Å². The van der Waals surface area contributed by atoms with Crippen molar-refractivity contribution in [2.24, 2.45) is 17.8 Å². The summed E-state index contributed by atoms with van der Waals surface area (Å²) in [6.45, 7) is 1.72. The minimum absolute atomic E-state index is 0. The van der Waals surface area contributed by atoms with Gasteiger partial charge in [0.25, 0.3) is 0 Å². The first-order valence-electron chi connectivity index (χ1n) is 11.2. The SMILES string of the molecule is COc1cc2c(Nc3ccc(Br)c(Cl)c3F)ncnc2cc1OC[C@H]1C[C@@H]2CN(C(=O)O)C[C@@H]2C1.Cl. The highest BCUT2D eigenvalue weighted by molar-refractivity contribution is 9.10. The van der Waals surface area contributed by atoms with Crippen molar-refractivity contribution >= 4 is 68.4 Å². The zero-order chi connectivity index (χ0) is 24.7. The van der Waals surface area contributed by atoms with Crippen molar-refractivity contribution in [2.75, 3.05) is 32.1 Å². The number of hydrogen-bond donors (Lipinski definition) is 2. The molecule has 1 saturated heterocycles. The van der Waals surface area contributed by atoms with Crippen LogP contribution < -0.4 is 14.8 Å². The van der Waals surface area contributed by atoms with Crippen molar-refractivity contribution in [1.82, 2.24) is 14.9 Å². The summed E-state index contributed by atoms with van der Waals surface area (Å²) in [5.74, 6) is 2.04. The van der Waals surface area contributed by atoms with Gasteiger partial charge < -0.3 is 24.8 Å². The Morgan fingerprint density at radius 1 is 1.25 bits per heavy atom. The van der Waals surface area contributed by atoms with E-state index in [9.17, 15) is 14.3 Å². The number of nitrogens with one attached hydrogen (secondary N) is 1. The summed E-state index contributed by atoms with van der Waals surface area (Å²) >= 11 is 9.23. The van der Waals surface area contributed by atoms with Crippen molar-refractivity contribution in [3.8, 4) is 11.5 Å². The second-order valence-corrected chi connectivity index (χ2v) is 10.2. The maximum Gasteiger partial charge on any atom is 0.407 e. The molecule has 0 unspecified atom stereocenters. The molecule has 1 aliphatic heterocycles. The van der Waals surface area contributed by atoms with Gasteiger partial charge in [0, 0.05) is 29.0 Å². The molecule has 0 bridgehead atoms. The summed E-state index contributed by atoms with van der Waals surface area (Å²) in [4.78, 5) is 21.4. The first-order chi connectivity index (χ1) is 16.8. The fraction of sp³-hybridized carbons (Fsp3) is 0.375. The van der Waals surface area contributed by atoms with Crippen molar-refractivity contribution in [3.05, 3.63) is 45.9 Å². The molecule has 36 heavy (non-hydrogen) atoms. The lowest BCUT2D eigenvalue weighted by atomic mass is 10.0. The zero-order valence-corrected chi connectivity index (χ0v) is 22.4. The summed E-state index contributed by atoms with van der Waals surface area (Å²) < 4.78 is 26.8. The van der Waals surface area contributed by atoms with Gasteiger partial charge >= 0.3 is 6.09 Å². The van der Waals surface area contributed by atoms with Crippen LogP contribution in [0.1, 0.15) is 12.8 Å². The maximum absolute atomic E-state index is 14.6. The predicted molar refractivity (Wildman–Crippen MR) is 141 cm³/mol. The highest BCUT2D eigenvalue weighted by Crippen LogP contribution is 2.43. The lowest BCUT2D eigenvalue weighted by Gasteiger charge is -2.18. The Labute approximate surface area is 226 Å². The number of likely N-dealkylation sites (tertiary alicyclic amines) is 1. The average molecular weight is 602 g/mol. The number of anilines is 2. The van der Waals surface area contributed by atoms with Crippen LogP contribution in [0.3, 0.4) is 0 Å². The molecule has 1 amide bonds. The Kier molecular flexibility index (Phi) is 7.96. The quantitative estimate of drug-likeness (QED) is 0.317. The lowest BCUT2D eigenvalue weighted by Crippen LogP contribution is -2.28. The second kappa shape index (κ2) is 10.8. The molecule has 0 radical (unpaired) electrons. The molecule has 2 aliphatic rings. The van der Waals surface area contributed by atoms with Gasteiger partial charge in [-0.25, -0.2) is 19.2 Å². The lowest BCUT2D eigenvalue weighted by molar-refractivity contribution is 0.149. The van der Waals surface area contributed by atoms with Crippen LogP contribution in [-0.2, 0) is 0 Å². The van der Waals surface area contributed by atoms with Crippen molar-refractivity contribution < 1.29 is 23.8 Å². The number of methoxy groups -OCH3 is 1. The summed E-state index contributed by atoms with van der Waals surface area (Å²) in [5, 5.41) is 12.8. The van der Waals surface area contributed by atoms with E-state index >= 15 is 0 Å². The molecular weight excluding hydrogens is 578 g/mol. The highest BCUT2D eigenvalue weighted by Gasteiger charge is 2.42. The minimum atomic E-state index is -0.838. The van der Waals surface area contributed by atoms with E-state index in [1.165, 1.54) is 11.2 Å². The van der Waals surface area contributed by atoms with Gasteiger partial charge in [0.1, 0.15) is 12.1 Å². The van der Waals surface area contributed by atoms with Gasteiger partial charge in [-0.05, 0) is 64.7 Å². The molecule has 3 atom stereocenters. The number of carboxylic acid groups (broad SMARTS) is 1. The van der Waals surface area contributed by atoms with Crippen LogP contribution in [0, 0.1) is 23.6 Å². The maximum atomic E-state index is 14.6. The number of ether oxygens (including phenoxy) is 2. The molecule has 2 fully saturated rings. The van der Waals surface area contributed by atoms with Gasteiger partial charge in [-0.3, -0.25) is 0 Å². The molecule has 1 saturated carbocycles. The van der Waals surface area contributed by atoms with Crippen LogP contribution in [0.4, 0.5) is 20.7 Å². The number of amides is 1. The Bertz CT molecular complexity index is 1290. The summed E-state index contributed by atoms with van der Waals surface area (Å²) in [7, 11) is 1.56. The molecular formula is C24H24BrCl2FN4O4. The monoisotopic (exact) mass is 600 g/mol. The van der Waals surface area contributed by atoms with Gasteiger partial charge in [-0.2, -0.15) is 0 Å². The Hall–Kier alpha value is -2.56. The average Bonchev–Trinajstić information content (AvgIpc) is 3.42. The molecule has 2 N–H and O–H groups in total. The normalized spacial score (nSPS) is 20.7. The smallest absolute Gasteiger partial charge is 0.407 e. The number of rotatable bonds is 6. The number of hydrogen-bond acceptors (Lipinski definition) is 6. The molecule has 1 aromatic heterocycles. The molecule has 3 aromatic rings. The number of fused-ring (bicyclic) bond motifs is 2. The van der Waals surface area contributed by atoms with Crippen molar-refractivity contribution in [3.63, 3.8) is 0 Å². The Morgan fingerprint density at radius 2 is 1.97 bits per heavy atom. The second-order valence-electron chi connectivity index (χ2n) is 8.95. The highest BCUT2D eigenvalue weighted by atomic mass is 79.9. The topological polar surface area (TPSA) is 96.8 Å². The Balaban J connectivity index is 0.00000304. The van der Waals surface area contributed by atoms with E-state index in [0.717, 1.165) is 12.8 Å². The van der Waals surface area contributed by atoms with Crippen LogP contribution in [0.25, 0.3) is 10.9 Å². The number of aromatic nitrogens is 2. The largest absolute Gasteiger partial charge is 0.493 e. The van der Waals surface area contributed by atoms with Gasteiger partial charge in [0.15, 0.2) is 17.3 Å². The molecule has 12 heteroatoms. The Morgan fingerprint density at radius 3 is 2.64 bits per heavy atom. The molecule has 0 spiro atoms. The molecule has 1 aliphatic carbocycles. The van der Waals surface area contributed by atoms with Gasteiger partial charge in [0.2, 0.25) is 0 Å². The van der Waals surface area contributed by atoms with Crippen molar-refractivity contribution in [1.29, 1.82) is 0 Å². The van der Waals surface area contributed by atoms with Gasteiger partial charge in [-0.15, -0.1) is 12.4 Å². The fourth-order valence-corrected chi connectivity index (χ4v) is 5.58. The van der Waals surface area contributed by atoms with Crippen LogP contribution in [0.2, 0.25) is 5.02 Å². The third-order valence-electron chi connectivity index (χ3n) is 6.80. The predicted octanol–water partition coefficient (Wildman–Crippen LogP) is 6.37. The van der Waals surface area contributed by atoms with E-state index in [0.29, 0.717) is 70.1 Å². The third-order valence-corrected chi connectivity index (χ3v) is 8.06. The van der Waals surface area contributed by atoms with Crippen LogP contribution in [-0.4, -0.2) is 52.9 Å². The van der Waals surface area contributed by atoms with Crippen LogP contribution >= 0.6 is 39.9 Å². The third kappa shape index (κ3) is 5.12. The van der Waals surface area contributed by atoms with Crippen LogP contribution in [0.15, 0.2) is 35.1 Å². The van der Waals surface area contributed by atoms with Crippen LogP contribution in [0.5, 0.6) is 11.5 Å². The number of halogens is 4. The minimum Gasteiger partial charge on any atom is -0.493 e. The molecule has 8 nitrogen and oxygen atoms in total. The summed E-state index contributed by atoms with van der Waals surface area (Å²) in [6.07, 6.45) is 2.45. The standard InChI is InChI=1S/C24H23BrClFN4O4.ClH/c1-34-19-6-15-18(28-11-29-23(15)30-17-3-2-16(25)21(26)22(17)27)7-20(19)35-10-12-4-13-8-31(24(32)33)9-14(13)5-12;/h2-3,6-7,11-14H,4-5,8-10H2,1H3,(H,32,33)(H,28,29,30);1H/t12-,13+,14-;. The summed E-state index contributed by atoms with van der Waals surface area (Å²) in [6, 6.07) is 6.77. The molecule has 5 rings (SSSR count). The fourth-order valence-electron chi connectivity index (χ4n) is 5.11. The number of nitrogens with zero attached hydrogens (tertiary/aromatic N) is 3. The van der Waals surface area contributed by atoms with E-state index in [4.69, 9.17) is 21.1 Å². The summed E-state index contributed by atoms with van der Waals surface area (Å²) in [5.41, 5.74) is 0.799. The van der Waals surface area contributed by atoms with Gasteiger partial charge in [-0.1, -0.05) is 11.6 Å². The molecule has 2 heterocycles. The number of carbonyl (C=O) groups is 1. The number of benzene rings is 2. The van der Waals surface area contributed by atoms with Gasteiger partial charge in [0.05, 0.1) is 29.9 Å².